The lowest BCUT2D eigenvalue weighted by Crippen LogP contribution is -2.08. The van der Waals surface area contributed by atoms with Gasteiger partial charge in [0.1, 0.15) is 11.6 Å². The molecule has 2 aromatic rings. The van der Waals surface area contributed by atoms with Crippen LogP contribution in [0.2, 0.25) is 10.0 Å². The van der Waals surface area contributed by atoms with Crippen LogP contribution < -0.4 is 11.1 Å². The summed E-state index contributed by atoms with van der Waals surface area (Å²) in [5.74, 6) is 0.818. The van der Waals surface area contributed by atoms with Crippen molar-refractivity contribution in [3.63, 3.8) is 0 Å². The largest absolute Gasteiger partial charge is 0.382 e. The van der Waals surface area contributed by atoms with E-state index < -0.39 is 0 Å². The standard InChI is InChI=1S/C11H12Cl2N4S/c1-6-16-7(5-18-6)2-3-15-11-9(13)4-8(12)10(14)17-11/h4-5H,2-3H2,1H3,(H3,14,15,17). The summed E-state index contributed by atoms with van der Waals surface area (Å²) < 4.78 is 0. The summed E-state index contributed by atoms with van der Waals surface area (Å²) in [6.07, 6.45) is 0.810. The molecule has 96 valence electrons. The first-order valence-corrected chi connectivity index (χ1v) is 6.96. The fraction of sp³-hybridized carbons (Fsp3) is 0.273. The highest BCUT2D eigenvalue weighted by Crippen LogP contribution is 2.27. The predicted molar refractivity (Wildman–Crippen MR) is 77.7 cm³/mol. The van der Waals surface area contributed by atoms with Crippen LogP contribution in [0.3, 0.4) is 0 Å². The number of hydrogen-bond acceptors (Lipinski definition) is 5. The average Bonchev–Trinajstić information content (AvgIpc) is 2.71. The second kappa shape index (κ2) is 5.73. The van der Waals surface area contributed by atoms with Crippen molar-refractivity contribution in [2.75, 3.05) is 17.6 Å². The number of nitrogens with zero attached hydrogens (tertiary/aromatic N) is 2. The molecule has 0 aromatic carbocycles. The van der Waals surface area contributed by atoms with Gasteiger partial charge in [0, 0.05) is 18.3 Å². The van der Waals surface area contributed by atoms with E-state index >= 15 is 0 Å². The SMILES string of the molecule is Cc1nc(CCNc2nc(N)c(Cl)cc2Cl)cs1. The van der Waals surface area contributed by atoms with Crippen LogP contribution in [-0.4, -0.2) is 16.5 Å². The van der Waals surface area contributed by atoms with Crippen molar-refractivity contribution in [3.8, 4) is 0 Å². The van der Waals surface area contributed by atoms with E-state index in [1.54, 1.807) is 17.4 Å². The summed E-state index contributed by atoms with van der Waals surface area (Å²) in [7, 11) is 0. The van der Waals surface area contributed by atoms with Crippen molar-refractivity contribution >= 4 is 46.2 Å². The number of nitrogen functional groups attached to an aromatic ring is 1. The minimum atomic E-state index is 0.271. The zero-order valence-corrected chi connectivity index (χ0v) is 12.0. The minimum Gasteiger partial charge on any atom is -0.382 e. The van der Waals surface area contributed by atoms with E-state index in [-0.39, 0.29) is 5.82 Å². The lowest BCUT2D eigenvalue weighted by Gasteiger charge is -2.08. The van der Waals surface area contributed by atoms with Crippen molar-refractivity contribution in [2.45, 2.75) is 13.3 Å². The molecule has 3 N–H and O–H groups in total. The van der Waals surface area contributed by atoms with Crippen LogP contribution in [0.5, 0.6) is 0 Å². The molecule has 18 heavy (non-hydrogen) atoms. The minimum absolute atomic E-state index is 0.271. The summed E-state index contributed by atoms with van der Waals surface area (Å²) in [4.78, 5) is 8.47. The smallest absolute Gasteiger partial charge is 0.147 e. The fourth-order valence-corrected chi connectivity index (χ4v) is 2.51. The van der Waals surface area contributed by atoms with E-state index in [1.807, 2.05) is 12.3 Å². The number of hydrogen-bond donors (Lipinski definition) is 2. The molecule has 7 heteroatoms. The van der Waals surface area contributed by atoms with Gasteiger partial charge in [0.2, 0.25) is 0 Å². The summed E-state index contributed by atoms with van der Waals surface area (Å²) in [5.41, 5.74) is 6.68. The molecule has 0 fully saturated rings. The van der Waals surface area contributed by atoms with Crippen LogP contribution in [0.1, 0.15) is 10.7 Å². The Bertz CT molecular complexity index is 556. The van der Waals surface area contributed by atoms with Gasteiger partial charge in [-0.05, 0) is 13.0 Å². The normalized spacial score (nSPS) is 10.6. The molecular formula is C11H12Cl2N4S. The topological polar surface area (TPSA) is 63.8 Å². The van der Waals surface area contributed by atoms with Gasteiger partial charge in [-0.15, -0.1) is 11.3 Å². The Morgan fingerprint density at radius 1 is 1.33 bits per heavy atom. The maximum atomic E-state index is 6.01. The van der Waals surface area contributed by atoms with Gasteiger partial charge in [0.25, 0.3) is 0 Å². The number of pyridine rings is 1. The van der Waals surface area contributed by atoms with Gasteiger partial charge in [-0.2, -0.15) is 0 Å². The second-order valence-corrected chi connectivity index (χ2v) is 5.60. The van der Waals surface area contributed by atoms with Gasteiger partial charge in [-0.3, -0.25) is 0 Å². The fourth-order valence-electron chi connectivity index (χ4n) is 1.44. The molecule has 0 aliphatic heterocycles. The quantitative estimate of drug-likeness (QED) is 0.908. The average molecular weight is 303 g/mol. The number of aryl methyl sites for hydroxylation is 1. The Morgan fingerprint density at radius 3 is 2.78 bits per heavy atom. The zero-order chi connectivity index (χ0) is 13.1. The van der Waals surface area contributed by atoms with Crippen molar-refractivity contribution in [1.82, 2.24) is 9.97 Å². The molecule has 0 bridgehead atoms. The third kappa shape index (κ3) is 3.25. The van der Waals surface area contributed by atoms with Crippen molar-refractivity contribution < 1.29 is 0 Å². The summed E-state index contributed by atoms with van der Waals surface area (Å²) >= 11 is 13.5. The molecule has 0 saturated carbocycles. The molecule has 2 rings (SSSR count). The van der Waals surface area contributed by atoms with Gasteiger partial charge < -0.3 is 11.1 Å². The van der Waals surface area contributed by atoms with Crippen LogP contribution in [-0.2, 0) is 6.42 Å². The zero-order valence-electron chi connectivity index (χ0n) is 9.70. The van der Waals surface area contributed by atoms with Gasteiger partial charge in [0.15, 0.2) is 0 Å². The number of nitrogens with one attached hydrogen (secondary N) is 1. The Hall–Kier alpha value is -1.04. The lowest BCUT2D eigenvalue weighted by molar-refractivity contribution is 0.961. The highest BCUT2D eigenvalue weighted by molar-refractivity contribution is 7.09. The van der Waals surface area contributed by atoms with Crippen LogP contribution in [0.4, 0.5) is 11.6 Å². The van der Waals surface area contributed by atoms with Crippen LogP contribution in [0.25, 0.3) is 0 Å². The van der Waals surface area contributed by atoms with Crippen molar-refractivity contribution in [3.05, 3.63) is 32.2 Å². The maximum Gasteiger partial charge on any atom is 0.147 e. The van der Waals surface area contributed by atoms with Crippen LogP contribution in [0.15, 0.2) is 11.4 Å². The Kier molecular flexibility index (Phi) is 4.27. The van der Waals surface area contributed by atoms with Crippen molar-refractivity contribution in [2.24, 2.45) is 0 Å². The predicted octanol–water partition coefficient (Wildman–Crippen LogP) is 3.39. The van der Waals surface area contributed by atoms with E-state index in [4.69, 9.17) is 28.9 Å². The lowest BCUT2D eigenvalue weighted by atomic mass is 10.3. The third-order valence-electron chi connectivity index (χ3n) is 2.30. The van der Waals surface area contributed by atoms with E-state index in [2.05, 4.69) is 15.3 Å². The number of aromatic nitrogens is 2. The van der Waals surface area contributed by atoms with Crippen LogP contribution in [0, 0.1) is 6.92 Å². The van der Waals surface area contributed by atoms with E-state index in [9.17, 15) is 0 Å². The second-order valence-electron chi connectivity index (χ2n) is 3.72. The monoisotopic (exact) mass is 302 g/mol. The molecule has 0 amide bonds. The van der Waals surface area contributed by atoms with E-state index in [0.717, 1.165) is 17.1 Å². The molecule has 4 nitrogen and oxygen atoms in total. The number of nitrogens with two attached hydrogens (primary N) is 1. The molecule has 0 radical (unpaired) electrons. The number of rotatable bonds is 4. The first-order chi connectivity index (χ1) is 8.56. The first kappa shape index (κ1) is 13.4. The van der Waals surface area contributed by atoms with E-state index in [1.165, 1.54) is 0 Å². The molecule has 0 unspecified atom stereocenters. The van der Waals surface area contributed by atoms with Gasteiger partial charge in [-0.25, -0.2) is 9.97 Å². The van der Waals surface area contributed by atoms with E-state index in [0.29, 0.717) is 22.4 Å². The maximum absolute atomic E-state index is 6.01. The Morgan fingerprint density at radius 2 is 2.11 bits per heavy atom. The molecule has 0 saturated heterocycles. The number of thiazole rings is 1. The summed E-state index contributed by atoms with van der Waals surface area (Å²) in [6.45, 7) is 2.68. The Labute approximate surface area is 119 Å². The molecular weight excluding hydrogens is 291 g/mol. The van der Waals surface area contributed by atoms with Gasteiger partial charge in [-0.1, -0.05) is 23.2 Å². The first-order valence-electron chi connectivity index (χ1n) is 5.32. The summed E-state index contributed by atoms with van der Waals surface area (Å²) in [6, 6.07) is 1.58. The van der Waals surface area contributed by atoms with Crippen molar-refractivity contribution in [1.29, 1.82) is 0 Å². The molecule has 0 atom stereocenters. The molecule has 0 spiro atoms. The third-order valence-corrected chi connectivity index (χ3v) is 3.71. The molecule has 2 heterocycles. The summed E-state index contributed by atoms with van der Waals surface area (Å²) in [5, 5.41) is 7.06. The molecule has 0 aliphatic rings. The Balaban J connectivity index is 1.96. The highest BCUT2D eigenvalue weighted by Gasteiger charge is 2.07. The number of anilines is 2. The van der Waals surface area contributed by atoms with Gasteiger partial charge >= 0.3 is 0 Å². The highest BCUT2D eigenvalue weighted by atomic mass is 35.5. The molecule has 0 aliphatic carbocycles. The molecule has 2 aromatic heterocycles. The van der Waals surface area contributed by atoms with Gasteiger partial charge in [0.05, 0.1) is 20.7 Å². The number of halogens is 2. The van der Waals surface area contributed by atoms with Crippen LogP contribution >= 0.6 is 34.5 Å².